The van der Waals surface area contributed by atoms with Crippen molar-refractivity contribution in [2.45, 2.75) is 83.7 Å². The van der Waals surface area contributed by atoms with Gasteiger partial charge in [0.25, 0.3) is 0 Å². The van der Waals surface area contributed by atoms with Gasteiger partial charge in [-0.3, -0.25) is 9.59 Å². The Morgan fingerprint density at radius 1 is 0.929 bits per heavy atom. The number of aliphatic carboxylic acids is 1. The Hall–Kier alpha value is -1.62. The minimum absolute atomic E-state index is 0.138. The van der Waals surface area contributed by atoms with Crippen molar-refractivity contribution in [1.29, 1.82) is 0 Å². The standard InChI is InChI=1S/C23H41NO4/c1-5-6-7-8-9-10-11-12-13-14-15-16-17-18-23(27)28-21(19-22(25)26)20-24(2,3)4/h9-12,21H,5-8,13-20H2,1-4H3/p+1/b10-9+,12-11+. The molecule has 5 nitrogen and oxygen atoms in total. The van der Waals surface area contributed by atoms with Crippen LogP contribution in [-0.2, 0) is 14.3 Å². The molecule has 0 aliphatic rings. The minimum atomic E-state index is -0.935. The van der Waals surface area contributed by atoms with Gasteiger partial charge in [-0.05, 0) is 32.1 Å². The molecular formula is C23H42NO4+. The largest absolute Gasteiger partial charge is 0.481 e. The zero-order valence-electron chi connectivity index (χ0n) is 18.5. The molecule has 5 heteroatoms. The van der Waals surface area contributed by atoms with Gasteiger partial charge in [-0.2, -0.15) is 0 Å². The number of nitrogens with zero attached hydrogens (tertiary/aromatic N) is 1. The molecule has 0 aromatic heterocycles. The van der Waals surface area contributed by atoms with Crippen molar-refractivity contribution < 1.29 is 23.9 Å². The molecule has 1 unspecified atom stereocenters. The summed E-state index contributed by atoms with van der Waals surface area (Å²) < 4.78 is 5.95. The summed E-state index contributed by atoms with van der Waals surface area (Å²) in [7, 11) is 5.87. The second kappa shape index (κ2) is 16.3. The van der Waals surface area contributed by atoms with Gasteiger partial charge in [-0.25, -0.2) is 0 Å². The maximum absolute atomic E-state index is 12.0. The molecule has 0 heterocycles. The van der Waals surface area contributed by atoms with Crippen molar-refractivity contribution in [3.63, 3.8) is 0 Å². The van der Waals surface area contributed by atoms with Crippen molar-refractivity contribution in [1.82, 2.24) is 0 Å². The molecule has 0 bridgehead atoms. The topological polar surface area (TPSA) is 63.6 Å². The van der Waals surface area contributed by atoms with Gasteiger partial charge in [0.2, 0.25) is 0 Å². The number of allylic oxidation sites excluding steroid dienone is 4. The predicted molar refractivity (Wildman–Crippen MR) is 115 cm³/mol. The first-order valence-electron chi connectivity index (χ1n) is 10.8. The Labute approximate surface area is 172 Å². The van der Waals surface area contributed by atoms with E-state index in [4.69, 9.17) is 9.84 Å². The van der Waals surface area contributed by atoms with Gasteiger partial charge in [-0.1, -0.05) is 56.9 Å². The van der Waals surface area contributed by atoms with E-state index < -0.39 is 12.1 Å². The molecule has 28 heavy (non-hydrogen) atoms. The average molecular weight is 397 g/mol. The third-order valence-corrected chi connectivity index (χ3v) is 4.31. The summed E-state index contributed by atoms with van der Waals surface area (Å²) in [5, 5.41) is 8.98. The summed E-state index contributed by atoms with van der Waals surface area (Å²) in [6.07, 6.45) is 18.4. The Kier molecular flexibility index (Phi) is 15.4. The molecule has 0 rings (SSSR count). The van der Waals surface area contributed by atoms with Crippen LogP contribution < -0.4 is 0 Å². The van der Waals surface area contributed by atoms with Gasteiger partial charge in [0, 0.05) is 6.42 Å². The number of esters is 1. The van der Waals surface area contributed by atoms with Crippen LogP contribution in [0.3, 0.4) is 0 Å². The van der Waals surface area contributed by atoms with E-state index in [9.17, 15) is 9.59 Å². The van der Waals surface area contributed by atoms with Gasteiger partial charge >= 0.3 is 11.9 Å². The van der Waals surface area contributed by atoms with Gasteiger partial charge in [0.1, 0.15) is 6.54 Å². The summed E-state index contributed by atoms with van der Waals surface area (Å²) in [4.78, 5) is 22.9. The van der Waals surface area contributed by atoms with Crippen molar-refractivity contribution >= 4 is 11.9 Å². The Morgan fingerprint density at radius 3 is 2.04 bits per heavy atom. The summed E-state index contributed by atoms with van der Waals surface area (Å²) in [6, 6.07) is 0. The van der Waals surface area contributed by atoms with E-state index in [0.717, 1.165) is 38.5 Å². The molecule has 0 amide bonds. The van der Waals surface area contributed by atoms with Gasteiger partial charge in [-0.15, -0.1) is 0 Å². The van der Waals surface area contributed by atoms with Crippen LogP contribution in [0.15, 0.2) is 24.3 Å². The third-order valence-electron chi connectivity index (χ3n) is 4.31. The summed E-state index contributed by atoms with van der Waals surface area (Å²) in [6.45, 7) is 2.71. The lowest BCUT2D eigenvalue weighted by molar-refractivity contribution is -0.873. The molecule has 0 saturated heterocycles. The lowest BCUT2D eigenvalue weighted by Gasteiger charge is -2.28. The zero-order chi connectivity index (χ0) is 21.3. The number of carbonyl (C=O) groups excluding carboxylic acids is 1. The van der Waals surface area contributed by atoms with Crippen LogP contribution in [0.2, 0.25) is 0 Å². The van der Waals surface area contributed by atoms with Crippen molar-refractivity contribution in [2.75, 3.05) is 27.7 Å². The smallest absolute Gasteiger partial charge is 0.307 e. The van der Waals surface area contributed by atoms with E-state index in [1.807, 2.05) is 21.1 Å². The highest BCUT2D eigenvalue weighted by Gasteiger charge is 2.24. The van der Waals surface area contributed by atoms with Crippen LogP contribution >= 0.6 is 0 Å². The monoisotopic (exact) mass is 396 g/mol. The van der Waals surface area contributed by atoms with E-state index in [1.165, 1.54) is 19.3 Å². The molecule has 0 aromatic carbocycles. The van der Waals surface area contributed by atoms with Crippen molar-refractivity contribution in [2.24, 2.45) is 0 Å². The first-order chi connectivity index (χ1) is 13.2. The van der Waals surface area contributed by atoms with Gasteiger partial charge in [0.05, 0.1) is 27.6 Å². The van der Waals surface area contributed by atoms with E-state index in [0.29, 0.717) is 17.4 Å². The lowest BCUT2D eigenvalue weighted by atomic mass is 10.1. The highest BCUT2D eigenvalue weighted by molar-refractivity contribution is 5.71. The van der Waals surface area contributed by atoms with E-state index in [1.54, 1.807) is 0 Å². The normalized spacial score (nSPS) is 13.3. The van der Waals surface area contributed by atoms with E-state index >= 15 is 0 Å². The lowest BCUT2D eigenvalue weighted by Crippen LogP contribution is -2.43. The third kappa shape index (κ3) is 19.2. The number of hydrogen-bond acceptors (Lipinski definition) is 3. The quantitative estimate of drug-likeness (QED) is 0.161. The molecule has 162 valence electrons. The maximum Gasteiger partial charge on any atom is 0.307 e. The van der Waals surface area contributed by atoms with E-state index in [-0.39, 0.29) is 12.4 Å². The molecule has 0 aromatic rings. The zero-order valence-corrected chi connectivity index (χ0v) is 18.5. The Balaban J connectivity index is 3.80. The van der Waals surface area contributed by atoms with Crippen LogP contribution in [0.1, 0.15) is 77.6 Å². The first-order valence-corrected chi connectivity index (χ1v) is 10.8. The first kappa shape index (κ1) is 26.4. The predicted octanol–water partition coefficient (Wildman–Crippen LogP) is 5.11. The Morgan fingerprint density at radius 2 is 1.50 bits per heavy atom. The molecule has 0 saturated carbocycles. The number of hydrogen-bond donors (Lipinski definition) is 1. The molecule has 0 spiro atoms. The van der Waals surface area contributed by atoms with E-state index in [2.05, 4.69) is 31.2 Å². The SMILES string of the molecule is CCCCC/C=C/C=C/CCCCCCC(=O)OC(CC(=O)O)C[N+](C)(C)C. The summed E-state index contributed by atoms with van der Waals surface area (Å²) in [5.41, 5.74) is 0. The van der Waals surface area contributed by atoms with Crippen LogP contribution in [-0.4, -0.2) is 55.3 Å². The van der Waals surface area contributed by atoms with Crippen LogP contribution in [0, 0.1) is 0 Å². The molecule has 1 atom stereocenters. The number of unbranched alkanes of at least 4 members (excludes halogenated alkanes) is 7. The second-order valence-corrected chi connectivity index (χ2v) is 8.49. The molecule has 0 radical (unpaired) electrons. The number of carboxylic acids is 1. The van der Waals surface area contributed by atoms with Crippen molar-refractivity contribution in [3.05, 3.63) is 24.3 Å². The van der Waals surface area contributed by atoms with Gasteiger partial charge in [0.15, 0.2) is 6.10 Å². The van der Waals surface area contributed by atoms with Crippen LogP contribution in [0.4, 0.5) is 0 Å². The molecule has 0 aliphatic heterocycles. The fourth-order valence-corrected chi connectivity index (χ4v) is 2.94. The molecule has 1 N–H and O–H groups in total. The molecule has 0 fully saturated rings. The highest BCUT2D eigenvalue weighted by Crippen LogP contribution is 2.10. The fourth-order valence-electron chi connectivity index (χ4n) is 2.94. The number of carboxylic acid groups (broad SMARTS) is 1. The van der Waals surface area contributed by atoms with Crippen LogP contribution in [0.25, 0.3) is 0 Å². The summed E-state index contributed by atoms with van der Waals surface area (Å²) >= 11 is 0. The minimum Gasteiger partial charge on any atom is -0.481 e. The number of carbonyl (C=O) groups is 2. The number of ether oxygens (including phenoxy) is 1. The second-order valence-electron chi connectivity index (χ2n) is 8.49. The molecule has 0 aliphatic carbocycles. The van der Waals surface area contributed by atoms with Gasteiger partial charge < -0.3 is 14.3 Å². The average Bonchev–Trinajstić information content (AvgIpc) is 2.56. The fraction of sp³-hybridized carbons (Fsp3) is 0.739. The molecular weight excluding hydrogens is 354 g/mol. The van der Waals surface area contributed by atoms with Crippen LogP contribution in [0.5, 0.6) is 0 Å². The van der Waals surface area contributed by atoms with Crippen molar-refractivity contribution in [3.8, 4) is 0 Å². The Bertz CT molecular complexity index is 477. The number of likely N-dealkylation sites (N-methyl/N-ethyl adjacent to an activating group) is 1. The number of rotatable bonds is 17. The maximum atomic E-state index is 12.0. The number of quaternary nitrogens is 1. The summed E-state index contributed by atoms with van der Waals surface area (Å²) in [5.74, 6) is -1.22. The highest BCUT2D eigenvalue weighted by atomic mass is 16.5.